The molecular formula is C21H21ClN4O2. The minimum absolute atomic E-state index is 0.209. The van der Waals surface area contributed by atoms with Gasteiger partial charge in [0.15, 0.2) is 0 Å². The van der Waals surface area contributed by atoms with Crippen molar-refractivity contribution in [3.05, 3.63) is 82.6 Å². The summed E-state index contributed by atoms with van der Waals surface area (Å²) in [5.74, 6) is -0.420. The van der Waals surface area contributed by atoms with Gasteiger partial charge in [-0.05, 0) is 42.8 Å². The van der Waals surface area contributed by atoms with Crippen LogP contribution in [0.1, 0.15) is 33.3 Å². The topological polar surface area (TPSA) is 76.0 Å². The van der Waals surface area contributed by atoms with E-state index in [2.05, 4.69) is 15.7 Å². The summed E-state index contributed by atoms with van der Waals surface area (Å²) in [7, 11) is 0. The van der Waals surface area contributed by atoms with Crippen LogP contribution in [-0.2, 0) is 6.42 Å². The Morgan fingerprint density at radius 3 is 2.25 bits per heavy atom. The lowest BCUT2D eigenvalue weighted by molar-refractivity contribution is 0.0927. The van der Waals surface area contributed by atoms with E-state index in [9.17, 15) is 9.59 Å². The molecule has 0 aliphatic heterocycles. The number of halogens is 1. The zero-order valence-electron chi connectivity index (χ0n) is 15.5. The number of hydrogen-bond acceptors (Lipinski definition) is 3. The highest BCUT2D eigenvalue weighted by molar-refractivity contribution is 6.30. The maximum Gasteiger partial charge on any atom is 0.254 e. The van der Waals surface area contributed by atoms with Crippen LogP contribution >= 0.6 is 11.6 Å². The van der Waals surface area contributed by atoms with E-state index in [0.29, 0.717) is 35.7 Å². The van der Waals surface area contributed by atoms with Gasteiger partial charge in [-0.3, -0.25) is 9.59 Å². The first-order valence-electron chi connectivity index (χ1n) is 9.04. The third-order valence-electron chi connectivity index (χ3n) is 4.25. The molecule has 0 atom stereocenters. The minimum Gasteiger partial charge on any atom is -0.350 e. The van der Waals surface area contributed by atoms with Gasteiger partial charge in [0.1, 0.15) is 0 Å². The first-order valence-corrected chi connectivity index (χ1v) is 9.42. The molecule has 0 unspecified atom stereocenters. The molecule has 0 bridgehead atoms. The first kappa shape index (κ1) is 19.6. The third kappa shape index (κ3) is 4.58. The molecule has 0 radical (unpaired) electrons. The van der Waals surface area contributed by atoms with Crippen molar-refractivity contribution in [2.45, 2.75) is 13.3 Å². The predicted molar refractivity (Wildman–Crippen MR) is 109 cm³/mol. The van der Waals surface area contributed by atoms with Crippen LogP contribution in [0.5, 0.6) is 0 Å². The highest BCUT2D eigenvalue weighted by Gasteiger charge is 2.16. The van der Waals surface area contributed by atoms with Crippen molar-refractivity contribution < 1.29 is 9.59 Å². The number of nitrogens with one attached hydrogen (secondary N) is 2. The molecule has 1 aromatic heterocycles. The van der Waals surface area contributed by atoms with Gasteiger partial charge in [0.25, 0.3) is 11.8 Å². The lowest BCUT2D eigenvalue weighted by Crippen LogP contribution is -2.34. The lowest BCUT2D eigenvalue weighted by Gasteiger charge is -2.09. The molecule has 3 rings (SSSR count). The zero-order valence-corrected chi connectivity index (χ0v) is 16.2. The van der Waals surface area contributed by atoms with E-state index in [1.165, 1.54) is 0 Å². The summed E-state index contributed by atoms with van der Waals surface area (Å²) in [4.78, 5) is 24.6. The molecule has 6 nitrogen and oxygen atoms in total. The Morgan fingerprint density at radius 1 is 0.964 bits per heavy atom. The van der Waals surface area contributed by atoms with Gasteiger partial charge in [0, 0.05) is 23.7 Å². The zero-order chi connectivity index (χ0) is 19.9. The number of rotatable bonds is 7. The van der Waals surface area contributed by atoms with Gasteiger partial charge < -0.3 is 10.6 Å². The molecule has 0 aliphatic carbocycles. The number of carbonyl (C=O) groups is 2. The maximum absolute atomic E-state index is 12.5. The number of amides is 2. The monoisotopic (exact) mass is 396 g/mol. The van der Waals surface area contributed by atoms with E-state index in [1.807, 2.05) is 37.3 Å². The van der Waals surface area contributed by atoms with Gasteiger partial charge >= 0.3 is 0 Å². The van der Waals surface area contributed by atoms with Gasteiger partial charge in [0.05, 0.1) is 23.1 Å². The summed E-state index contributed by atoms with van der Waals surface area (Å²) >= 11 is 5.82. The van der Waals surface area contributed by atoms with Crippen LogP contribution in [0.25, 0.3) is 5.69 Å². The molecule has 2 aromatic carbocycles. The number of hydrogen-bond donors (Lipinski definition) is 2. The van der Waals surface area contributed by atoms with Crippen LogP contribution in [-0.4, -0.2) is 34.7 Å². The second kappa shape index (κ2) is 9.19. The van der Waals surface area contributed by atoms with E-state index < -0.39 is 0 Å². The molecule has 0 saturated heterocycles. The summed E-state index contributed by atoms with van der Waals surface area (Å²) in [5, 5.41) is 10.5. The number of para-hydroxylation sites is 1. The molecule has 144 valence electrons. The van der Waals surface area contributed by atoms with Crippen LogP contribution in [0.15, 0.2) is 60.8 Å². The summed E-state index contributed by atoms with van der Waals surface area (Å²) in [6.07, 6.45) is 2.25. The Labute approximate surface area is 168 Å². The van der Waals surface area contributed by atoms with Gasteiger partial charge in [-0.2, -0.15) is 5.10 Å². The van der Waals surface area contributed by atoms with Crippen LogP contribution in [0, 0.1) is 0 Å². The van der Waals surface area contributed by atoms with Gasteiger partial charge in [-0.1, -0.05) is 36.7 Å². The predicted octanol–water partition coefficient (Wildman–Crippen LogP) is 3.25. The van der Waals surface area contributed by atoms with Gasteiger partial charge in [-0.15, -0.1) is 0 Å². The minimum atomic E-state index is -0.211. The summed E-state index contributed by atoms with van der Waals surface area (Å²) in [6, 6.07) is 16.3. The molecule has 28 heavy (non-hydrogen) atoms. The van der Waals surface area contributed by atoms with Crippen molar-refractivity contribution in [3.8, 4) is 5.69 Å². The maximum atomic E-state index is 12.5. The van der Waals surface area contributed by atoms with Crippen LogP contribution in [0.2, 0.25) is 5.02 Å². The fourth-order valence-electron chi connectivity index (χ4n) is 2.85. The van der Waals surface area contributed by atoms with Crippen LogP contribution in [0.4, 0.5) is 0 Å². The van der Waals surface area contributed by atoms with Crippen molar-refractivity contribution in [2.24, 2.45) is 0 Å². The molecule has 7 heteroatoms. The van der Waals surface area contributed by atoms with E-state index in [4.69, 9.17) is 11.6 Å². The Kier molecular flexibility index (Phi) is 6.45. The molecule has 2 N–H and O–H groups in total. The fraction of sp³-hybridized carbons (Fsp3) is 0.190. The molecule has 0 saturated carbocycles. The quantitative estimate of drug-likeness (QED) is 0.602. The molecule has 0 fully saturated rings. The third-order valence-corrected chi connectivity index (χ3v) is 4.50. The summed E-state index contributed by atoms with van der Waals surface area (Å²) in [5.41, 5.74) is 2.81. The summed E-state index contributed by atoms with van der Waals surface area (Å²) < 4.78 is 1.78. The second-order valence-electron chi connectivity index (χ2n) is 6.12. The SMILES string of the molecule is CCc1c(C(=O)NCCNC(=O)c2ccc(Cl)cc2)cnn1-c1ccccc1. The Hall–Kier alpha value is -3.12. The van der Waals surface area contributed by atoms with E-state index in [0.717, 1.165) is 11.4 Å². The number of nitrogens with zero attached hydrogens (tertiary/aromatic N) is 2. The van der Waals surface area contributed by atoms with Crippen LogP contribution < -0.4 is 10.6 Å². The highest BCUT2D eigenvalue weighted by Crippen LogP contribution is 2.15. The standard InChI is InChI=1S/C21H21ClN4O2/c1-2-19-18(14-25-26(19)17-6-4-3-5-7-17)21(28)24-13-12-23-20(27)15-8-10-16(22)11-9-15/h3-11,14H,2,12-13H2,1H3,(H,23,27)(H,24,28). The lowest BCUT2D eigenvalue weighted by atomic mass is 10.2. The summed E-state index contributed by atoms with van der Waals surface area (Å²) in [6.45, 7) is 2.62. The average molecular weight is 397 g/mol. The second-order valence-corrected chi connectivity index (χ2v) is 6.56. The van der Waals surface area contributed by atoms with Crippen molar-refractivity contribution in [2.75, 3.05) is 13.1 Å². The van der Waals surface area contributed by atoms with Crippen molar-refractivity contribution in [3.63, 3.8) is 0 Å². The average Bonchev–Trinajstić information content (AvgIpc) is 3.16. The van der Waals surface area contributed by atoms with Gasteiger partial charge in [-0.25, -0.2) is 4.68 Å². The largest absolute Gasteiger partial charge is 0.350 e. The Balaban J connectivity index is 1.56. The first-order chi connectivity index (χ1) is 13.6. The molecule has 2 amide bonds. The number of carbonyl (C=O) groups excluding carboxylic acids is 2. The van der Waals surface area contributed by atoms with Crippen molar-refractivity contribution in [1.82, 2.24) is 20.4 Å². The van der Waals surface area contributed by atoms with Crippen molar-refractivity contribution >= 4 is 23.4 Å². The molecule has 0 aliphatic rings. The molecular weight excluding hydrogens is 376 g/mol. The normalized spacial score (nSPS) is 10.5. The number of aromatic nitrogens is 2. The van der Waals surface area contributed by atoms with E-state index in [-0.39, 0.29) is 11.8 Å². The Morgan fingerprint density at radius 2 is 1.61 bits per heavy atom. The molecule has 3 aromatic rings. The van der Waals surface area contributed by atoms with E-state index >= 15 is 0 Å². The fourth-order valence-corrected chi connectivity index (χ4v) is 2.97. The van der Waals surface area contributed by atoms with Crippen molar-refractivity contribution in [1.29, 1.82) is 0 Å². The molecule has 1 heterocycles. The van der Waals surface area contributed by atoms with Gasteiger partial charge in [0.2, 0.25) is 0 Å². The highest BCUT2D eigenvalue weighted by atomic mass is 35.5. The molecule has 0 spiro atoms. The number of benzene rings is 2. The van der Waals surface area contributed by atoms with Crippen LogP contribution in [0.3, 0.4) is 0 Å². The smallest absolute Gasteiger partial charge is 0.254 e. The van der Waals surface area contributed by atoms with E-state index in [1.54, 1.807) is 35.1 Å². The Bertz CT molecular complexity index is 952.